The fourth-order valence-electron chi connectivity index (χ4n) is 4.90. The maximum Gasteiger partial charge on any atom is 0.332 e. The van der Waals surface area contributed by atoms with Crippen LogP contribution < -0.4 is 14.2 Å². The molecular formula is C40H44FNO7S. The quantitative estimate of drug-likeness (QED) is 0.0663. The smallest absolute Gasteiger partial charge is 0.332 e. The standard InChI is InChI=1S/C40H44FNO7S/c1-40(2,3)49-37(43)28-45-25-24-44-22-20-42(4)21-23-46-32-14-16-33(17-15-32)48-38-35-19-18-34(47-27-29-8-6-5-7-9-29)26-36(35)50-39(38)30-10-12-31(41)13-11-30/h5-19,26H,20-25,27-28H2,1-4H3. The lowest BCUT2D eigenvalue weighted by atomic mass is 10.1. The van der Waals surface area contributed by atoms with Gasteiger partial charge in [-0.25, -0.2) is 9.18 Å². The average molecular weight is 702 g/mol. The van der Waals surface area contributed by atoms with Crippen molar-refractivity contribution in [2.24, 2.45) is 0 Å². The fraction of sp³-hybridized carbons (Fsp3) is 0.325. The van der Waals surface area contributed by atoms with Crippen LogP contribution in [0.4, 0.5) is 4.39 Å². The molecule has 5 aromatic rings. The topological polar surface area (TPSA) is 75.7 Å². The number of hydrogen-bond donors (Lipinski definition) is 0. The highest BCUT2D eigenvalue weighted by molar-refractivity contribution is 7.22. The van der Waals surface area contributed by atoms with Crippen molar-refractivity contribution in [1.82, 2.24) is 4.90 Å². The predicted molar refractivity (Wildman–Crippen MR) is 195 cm³/mol. The lowest BCUT2D eigenvalue weighted by Gasteiger charge is -2.19. The highest BCUT2D eigenvalue weighted by Crippen LogP contribution is 2.47. The lowest BCUT2D eigenvalue weighted by Crippen LogP contribution is -2.28. The number of fused-ring (bicyclic) bond motifs is 1. The summed E-state index contributed by atoms with van der Waals surface area (Å²) in [5.41, 5.74) is 1.44. The number of halogens is 1. The molecule has 0 fully saturated rings. The molecule has 1 aromatic heterocycles. The van der Waals surface area contributed by atoms with Crippen molar-refractivity contribution in [2.75, 3.05) is 53.2 Å². The van der Waals surface area contributed by atoms with Crippen LogP contribution in [0.5, 0.6) is 23.0 Å². The first kappa shape index (κ1) is 36.8. The first-order valence-electron chi connectivity index (χ1n) is 16.6. The maximum absolute atomic E-state index is 13.8. The normalized spacial score (nSPS) is 11.6. The van der Waals surface area contributed by atoms with Gasteiger partial charge in [0, 0.05) is 23.2 Å². The summed E-state index contributed by atoms with van der Waals surface area (Å²) in [6.07, 6.45) is 0. The van der Waals surface area contributed by atoms with Gasteiger partial charge in [-0.05, 0) is 93.5 Å². The van der Waals surface area contributed by atoms with Crippen LogP contribution in [0.2, 0.25) is 0 Å². The Hall–Kier alpha value is -4.48. The van der Waals surface area contributed by atoms with Gasteiger partial charge in [0.2, 0.25) is 0 Å². The van der Waals surface area contributed by atoms with Gasteiger partial charge < -0.3 is 33.3 Å². The van der Waals surface area contributed by atoms with Gasteiger partial charge in [0.05, 0.1) is 24.7 Å². The van der Waals surface area contributed by atoms with Crippen molar-refractivity contribution in [2.45, 2.75) is 33.0 Å². The van der Waals surface area contributed by atoms with E-state index in [1.807, 2.05) is 101 Å². The van der Waals surface area contributed by atoms with Crippen molar-refractivity contribution >= 4 is 27.4 Å². The van der Waals surface area contributed by atoms with Gasteiger partial charge in [0.15, 0.2) is 5.75 Å². The molecule has 264 valence electrons. The fourth-order valence-corrected chi connectivity index (χ4v) is 6.06. The Balaban J connectivity index is 1.10. The second kappa shape index (κ2) is 18.0. The molecule has 0 bridgehead atoms. The molecule has 10 heteroatoms. The Morgan fingerprint density at radius 1 is 0.760 bits per heavy atom. The minimum Gasteiger partial charge on any atom is -0.492 e. The van der Waals surface area contributed by atoms with Crippen LogP contribution in [0.15, 0.2) is 97.1 Å². The van der Waals surface area contributed by atoms with Crippen LogP contribution in [-0.2, 0) is 25.6 Å². The van der Waals surface area contributed by atoms with E-state index in [4.69, 9.17) is 28.4 Å². The van der Waals surface area contributed by atoms with Crippen molar-refractivity contribution in [3.8, 4) is 33.4 Å². The number of hydrogen-bond acceptors (Lipinski definition) is 9. The molecule has 4 aromatic carbocycles. The Morgan fingerprint density at radius 2 is 1.44 bits per heavy atom. The molecule has 0 atom stereocenters. The van der Waals surface area contributed by atoms with E-state index in [-0.39, 0.29) is 18.4 Å². The molecule has 0 saturated heterocycles. The monoisotopic (exact) mass is 701 g/mol. The van der Waals surface area contributed by atoms with Gasteiger partial charge in [-0.2, -0.15) is 0 Å². The number of likely N-dealkylation sites (N-methyl/N-ethyl adjacent to an activating group) is 1. The molecule has 0 spiro atoms. The summed E-state index contributed by atoms with van der Waals surface area (Å²) in [5.74, 6) is 2.20. The van der Waals surface area contributed by atoms with Gasteiger partial charge >= 0.3 is 5.97 Å². The van der Waals surface area contributed by atoms with E-state index in [2.05, 4.69) is 4.90 Å². The molecule has 0 saturated carbocycles. The van der Waals surface area contributed by atoms with Gasteiger partial charge in [-0.1, -0.05) is 42.5 Å². The maximum atomic E-state index is 13.8. The zero-order valence-electron chi connectivity index (χ0n) is 29.0. The highest BCUT2D eigenvalue weighted by Gasteiger charge is 2.18. The molecule has 1 heterocycles. The molecule has 50 heavy (non-hydrogen) atoms. The molecular weight excluding hydrogens is 658 g/mol. The first-order valence-corrected chi connectivity index (χ1v) is 17.4. The third kappa shape index (κ3) is 11.6. The minimum atomic E-state index is -0.522. The van der Waals surface area contributed by atoms with Crippen LogP contribution in [-0.4, -0.2) is 69.6 Å². The van der Waals surface area contributed by atoms with E-state index < -0.39 is 5.60 Å². The summed E-state index contributed by atoms with van der Waals surface area (Å²) < 4.78 is 49.5. The molecule has 8 nitrogen and oxygen atoms in total. The van der Waals surface area contributed by atoms with Crippen LogP contribution in [0.3, 0.4) is 0 Å². The number of thiophene rings is 1. The van der Waals surface area contributed by atoms with E-state index in [0.717, 1.165) is 50.7 Å². The zero-order valence-corrected chi connectivity index (χ0v) is 29.8. The third-order valence-corrected chi connectivity index (χ3v) is 8.57. The molecule has 0 N–H and O–H groups in total. The molecule has 0 amide bonds. The number of ether oxygens (including phenoxy) is 6. The number of nitrogens with zero attached hydrogens (tertiary/aromatic N) is 1. The summed E-state index contributed by atoms with van der Waals surface area (Å²) in [6, 6.07) is 30.0. The molecule has 5 rings (SSSR count). The van der Waals surface area contributed by atoms with Crippen LogP contribution in [0.1, 0.15) is 26.3 Å². The molecule has 0 aliphatic carbocycles. The number of carbonyl (C=O) groups is 1. The van der Waals surface area contributed by atoms with Gasteiger partial charge in [0.1, 0.15) is 48.5 Å². The second-order valence-electron chi connectivity index (χ2n) is 12.7. The van der Waals surface area contributed by atoms with E-state index in [0.29, 0.717) is 44.5 Å². The molecule has 0 radical (unpaired) electrons. The van der Waals surface area contributed by atoms with Gasteiger partial charge in [-0.3, -0.25) is 0 Å². The van der Waals surface area contributed by atoms with Crippen LogP contribution in [0.25, 0.3) is 20.5 Å². The Labute approximate surface area is 297 Å². The summed E-state index contributed by atoms with van der Waals surface area (Å²) >= 11 is 1.58. The summed E-state index contributed by atoms with van der Waals surface area (Å²) in [4.78, 5) is 14.7. The molecule has 0 aliphatic heterocycles. The minimum absolute atomic E-state index is 0.0839. The van der Waals surface area contributed by atoms with Crippen molar-refractivity contribution in [3.05, 3.63) is 108 Å². The van der Waals surface area contributed by atoms with Crippen molar-refractivity contribution in [1.29, 1.82) is 0 Å². The van der Waals surface area contributed by atoms with E-state index in [1.165, 1.54) is 12.1 Å². The first-order chi connectivity index (χ1) is 24.1. The largest absolute Gasteiger partial charge is 0.492 e. The predicted octanol–water partition coefficient (Wildman–Crippen LogP) is 8.76. The number of rotatable bonds is 18. The second-order valence-corrected chi connectivity index (χ2v) is 13.7. The van der Waals surface area contributed by atoms with Gasteiger partial charge in [0.25, 0.3) is 0 Å². The van der Waals surface area contributed by atoms with Crippen molar-refractivity contribution in [3.63, 3.8) is 0 Å². The van der Waals surface area contributed by atoms with Crippen LogP contribution >= 0.6 is 11.3 Å². The van der Waals surface area contributed by atoms with Gasteiger partial charge in [-0.15, -0.1) is 11.3 Å². The Morgan fingerprint density at radius 3 is 2.18 bits per heavy atom. The third-order valence-electron chi connectivity index (χ3n) is 7.39. The summed E-state index contributed by atoms with van der Waals surface area (Å²) in [7, 11) is 2.00. The van der Waals surface area contributed by atoms with Crippen molar-refractivity contribution < 1.29 is 37.6 Å². The highest BCUT2D eigenvalue weighted by atomic mass is 32.1. The Kier molecular flexibility index (Phi) is 13.2. The molecule has 0 unspecified atom stereocenters. The lowest BCUT2D eigenvalue weighted by molar-refractivity contribution is -0.160. The van der Waals surface area contributed by atoms with E-state index in [9.17, 15) is 9.18 Å². The summed E-state index contributed by atoms with van der Waals surface area (Å²) in [6.45, 7) is 9.08. The summed E-state index contributed by atoms with van der Waals surface area (Å²) in [5, 5.41) is 0.946. The Bertz CT molecular complexity index is 1790. The van der Waals surface area contributed by atoms with Crippen LogP contribution in [0, 0.1) is 5.82 Å². The van der Waals surface area contributed by atoms with E-state index in [1.54, 1.807) is 23.5 Å². The molecule has 0 aliphatic rings. The number of carbonyl (C=O) groups excluding carboxylic acids is 1. The SMILES string of the molecule is CN(CCOCCOCC(=O)OC(C)(C)C)CCOc1ccc(Oc2c(-c3ccc(F)cc3)sc3cc(OCc4ccccc4)ccc23)cc1. The number of esters is 1. The zero-order chi connectivity index (χ0) is 35.3. The number of benzene rings is 4. The van der Waals surface area contributed by atoms with E-state index >= 15 is 0 Å². The average Bonchev–Trinajstić information content (AvgIpc) is 3.44.